The molecule has 0 radical (unpaired) electrons. The number of hydrogen-bond donors (Lipinski definition) is 3. The number of halogens is 1. The number of nitrogens with two attached hydrogens (primary N) is 1. The Bertz CT molecular complexity index is 598. The normalized spacial score (nSPS) is 19.0. The first-order valence-electron chi connectivity index (χ1n) is 8.12. The molecule has 2 fully saturated rings. The first kappa shape index (κ1) is 18.7. The summed E-state index contributed by atoms with van der Waals surface area (Å²) in [5, 5.41) is 5.84. The summed E-state index contributed by atoms with van der Waals surface area (Å²) in [6.45, 7) is 1.39. The molecule has 1 aliphatic heterocycles. The van der Waals surface area contributed by atoms with Crippen molar-refractivity contribution in [1.29, 1.82) is 0 Å². The molecule has 0 aromatic heterocycles. The lowest BCUT2D eigenvalue weighted by Gasteiger charge is -2.31. The van der Waals surface area contributed by atoms with Gasteiger partial charge in [-0.05, 0) is 43.4 Å². The lowest BCUT2D eigenvalue weighted by molar-refractivity contribution is -0.129. The Morgan fingerprint density at radius 2 is 1.96 bits per heavy atom. The van der Waals surface area contributed by atoms with Crippen LogP contribution in [0.5, 0.6) is 0 Å². The number of amides is 2. The molecule has 0 spiro atoms. The smallest absolute Gasteiger partial charge is 0.251 e. The quantitative estimate of drug-likeness (QED) is 0.739. The highest BCUT2D eigenvalue weighted by molar-refractivity contribution is 5.94. The predicted molar refractivity (Wildman–Crippen MR) is 93.0 cm³/mol. The van der Waals surface area contributed by atoms with E-state index in [4.69, 9.17) is 10.5 Å². The Hall–Kier alpha value is -1.63. The van der Waals surface area contributed by atoms with Crippen molar-refractivity contribution in [3.05, 3.63) is 35.4 Å². The molecule has 1 aliphatic carbocycles. The first-order chi connectivity index (χ1) is 11.1. The minimum Gasteiger partial charge on any atom is -0.381 e. The van der Waals surface area contributed by atoms with Gasteiger partial charge in [0, 0.05) is 31.4 Å². The average molecular weight is 354 g/mol. The molecule has 6 nitrogen and oxygen atoms in total. The molecule has 2 amide bonds. The molecule has 1 aromatic rings. The summed E-state index contributed by atoms with van der Waals surface area (Å²) in [6.07, 6.45) is 3.18. The maximum Gasteiger partial charge on any atom is 0.251 e. The Morgan fingerprint density at radius 1 is 1.25 bits per heavy atom. The molecule has 24 heavy (non-hydrogen) atoms. The molecule has 0 bridgehead atoms. The van der Waals surface area contributed by atoms with Gasteiger partial charge in [0.25, 0.3) is 5.91 Å². The Kier molecular flexibility index (Phi) is 6.21. The van der Waals surface area contributed by atoms with Crippen molar-refractivity contribution in [2.45, 2.75) is 43.8 Å². The molecule has 132 valence electrons. The van der Waals surface area contributed by atoms with Crippen LogP contribution in [0.2, 0.25) is 0 Å². The van der Waals surface area contributed by atoms with Crippen molar-refractivity contribution in [3.8, 4) is 0 Å². The van der Waals surface area contributed by atoms with E-state index in [2.05, 4.69) is 10.6 Å². The second-order valence-electron chi connectivity index (χ2n) is 6.40. The molecule has 1 heterocycles. The van der Waals surface area contributed by atoms with Gasteiger partial charge in [0.05, 0.1) is 5.54 Å². The van der Waals surface area contributed by atoms with E-state index < -0.39 is 5.54 Å². The van der Waals surface area contributed by atoms with Crippen molar-refractivity contribution in [2.24, 2.45) is 5.73 Å². The molecule has 7 heteroatoms. The summed E-state index contributed by atoms with van der Waals surface area (Å²) >= 11 is 0. The van der Waals surface area contributed by atoms with Gasteiger partial charge in [-0.25, -0.2) is 0 Å². The predicted octanol–water partition coefficient (Wildman–Crippen LogP) is 1.12. The molecule has 0 atom stereocenters. The molecule has 0 unspecified atom stereocenters. The van der Waals surface area contributed by atoms with Crippen molar-refractivity contribution in [1.82, 2.24) is 10.6 Å². The highest BCUT2D eigenvalue weighted by Gasteiger charge is 2.35. The van der Waals surface area contributed by atoms with E-state index >= 15 is 0 Å². The van der Waals surface area contributed by atoms with Crippen molar-refractivity contribution < 1.29 is 14.3 Å². The van der Waals surface area contributed by atoms with E-state index in [0.717, 1.165) is 18.4 Å². The van der Waals surface area contributed by atoms with Gasteiger partial charge in [0.15, 0.2) is 0 Å². The Labute approximate surface area is 147 Å². The van der Waals surface area contributed by atoms with E-state index in [-0.39, 0.29) is 24.2 Å². The van der Waals surface area contributed by atoms with Crippen molar-refractivity contribution in [2.75, 3.05) is 13.2 Å². The maximum atomic E-state index is 12.3. The SMILES string of the molecule is Cl.NC1(C(=O)NCc2cccc(C(=O)NC3CC3)c2)CCOCC1. The maximum absolute atomic E-state index is 12.3. The molecule has 4 N–H and O–H groups in total. The van der Waals surface area contributed by atoms with Crippen LogP contribution in [0.25, 0.3) is 0 Å². The highest BCUT2D eigenvalue weighted by Crippen LogP contribution is 2.20. The summed E-state index contributed by atoms with van der Waals surface area (Å²) in [4.78, 5) is 24.3. The second kappa shape index (κ2) is 7.96. The summed E-state index contributed by atoms with van der Waals surface area (Å²) in [7, 11) is 0. The Morgan fingerprint density at radius 3 is 2.62 bits per heavy atom. The number of benzene rings is 1. The molecular weight excluding hydrogens is 330 g/mol. The van der Waals surface area contributed by atoms with Gasteiger partial charge in [-0.3, -0.25) is 9.59 Å². The summed E-state index contributed by atoms with van der Waals surface area (Å²) < 4.78 is 5.25. The molecule has 1 aromatic carbocycles. The number of carbonyl (C=O) groups is 2. The van der Waals surface area contributed by atoms with Crippen LogP contribution in [0.4, 0.5) is 0 Å². The minimum absolute atomic E-state index is 0. The fourth-order valence-corrected chi connectivity index (χ4v) is 2.64. The van der Waals surface area contributed by atoms with Gasteiger partial charge in [-0.15, -0.1) is 12.4 Å². The monoisotopic (exact) mass is 353 g/mol. The summed E-state index contributed by atoms with van der Waals surface area (Å²) in [5.41, 5.74) is 6.81. The van der Waals surface area contributed by atoms with Gasteiger partial charge < -0.3 is 21.1 Å². The third-order valence-corrected chi connectivity index (χ3v) is 4.39. The number of nitrogens with one attached hydrogen (secondary N) is 2. The lowest BCUT2D eigenvalue weighted by atomic mass is 9.90. The molecule has 1 saturated heterocycles. The van der Waals surface area contributed by atoms with Crippen LogP contribution in [0.1, 0.15) is 41.6 Å². The van der Waals surface area contributed by atoms with Gasteiger partial charge in [-0.2, -0.15) is 0 Å². The van der Waals surface area contributed by atoms with Crippen LogP contribution < -0.4 is 16.4 Å². The molecule has 1 saturated carbocycles. The number of ether oxygens (including phenoxy) is 1. The zero-order chi connectivity index (χ0) is 16.3. The largest absolute Gasteiger partial charge is 0.381 e. The van der Waals surface area contributed by atoms with Crippen LogP contribution >= 0.6 is 12.4 Å². The van der Waals surface area contributed by atoms with Crippen LogP contribution in [0.3, 0.4) is 0 Å². The van der Waals surface area contributed by atoms with E-state index in [1.807, 2.05) is 18.2 Å². The van der Waals surface area contributed by atoms with E-state index in [1.54, 1.807) is 6.07 Å². The van der Waals surface area contributed by atoms with Crippen LogP contribution in [-0.4, -0.2) is 36.6 Å². The minimum atomic E-state index is -0.848. The zero-order valence-electron chi connectivity index (χ0n) is 13.5. The Balaban J connectivity index is 0.00000208. The summed E-state index contributed by atoms with van der Waals surface area (Å²) in [6, 6.07) is 7.64. The summed E-state index contributed by atoms with van der Waals surface area (Å²) in [5.74, 6) is -0.214. The van der Waals surface area contributed by atoms with Gasteiger partial charge in [-0.1, -0.05) is 12.1 Å². The average Bonchev–Trinajstić information content (AvgIpc) is 3.37. The topological polar surface area (TPSA) is 93.5 Å². The number of carbonyl (C=O) groups excluding carboxylic acids is 2. The molecule has 2 aliphatic rings. The number of rotatable bonds is 5. The third-order valence-electron chi connectivity index (χ3n) is 4.39. The van der Waals surface area contributed by atoms with Gasteiger partial charge in [0.2, 0.25) is 5.91 Å². The van der Waals surface area contributed by atoms with Crippen LogP contribution in [0.15, 0.2) is 24.3 Å². The van der Waals surface area contributed by atoms with E-state index in [9.17, 15) is 9.59 Å². The van der Waals surface area contributed by atoms with E-state index in [1.165, 1.54) is 0 Å². The van der Waals surface area contributed by atoms with Crippen LogP contribution in [-0.2, 0) is 16.1 Å². The van der Waals surface area contributed by atoms with E-state index in [0.29, 0.717) is 44.2 Å². The molecule has 3 rings (SSSR count). The zero-order valence-corrected chi connectivity index (χ0v) is 14.4. The molecular formula is C17H24ClN3O3. The second-order valence-corrected chi connectivity index (χ2v) is 6.40. The van der Waals surface area contributed by atoms with Crippen molar-refractivity contribution >= 4 is 24.2 Å². The van der Waals surface area contributed by atoms with Crippen molar-refractivity contribution in [3.63, 3.8) is 0 Å². The first-order valence-corrected chi connectivity index (χ1v) is 8.12. The van der Waals surface area contributed by atoms with Gasteiger partial charge >= 0.3 is 0 Å². The highest BCUT2D eigenvalue weighted by atomic mass is 35.5. The fourth-order valence-electron chi connectivity index (χ4n) is 2.64. The fraction of sp³-hybridized carbons (Fsp3) is 0.529. The van der Waals surface area contributed by atoms with Crippen LogP contribution in [0, 0.1) is 0 Å². The van der Waals surface area contributed by atoms with Gasteiger partial charge in [0.1, 0.15) is 0 Å². The third kappa shape index (κ3) is 4.69. The lowest BCUT2D eigenvalue weighted by Crippen LogP contribution is -2.56. The number of hydrogen-bond acceptors (Lipinski definition) is 4. The standard InChI is InChI=1S/C17H23N3O3.ClH/c18-17(6-8-23-9-7-17)16(22)19-11-12-2-1-3-13(10-12)15(21)20-14-4-5-14;/h1-3,10,14H,4-9,11,18H2,(H,19,22)(H,20,21);1H.